The van der Waals surface area contributed by atoms with Gasteiger partial charge in [0.15, 0.2) is 0 Å². The van der Waals surface area contributed by atoms with Gasteiger partial charge in [0, 0.05) is 35.9 Å². The summed E-state index contributed by atoms with van der Waals surface area (Å²) >= 11 is 0. The fraction of sp³-hybridized carbons (Fsp3) is 0.400. The van der Waals surface area contributed by atoms with Crippen LogP contribution in [0.5, 0.6) is 0 Å². The SMILES string of the molecule is Cc1ccc2[nH]cc(CCNCC(=O)Nc3ccc(S(=O)(=O)N4CCC(C)CC4)cc3)c2c1. The van der Waals surface area contributed by atoms with Crippen LogP contribution in [0.4, 0.5) is 5.69 Å². The second-order valence-corrected chi connectivity index (χ2v) is 10.9. The van der Waals surface area contributed by atoms with E-state index < -0.39 is 10.0 Å². The minimum Gasteiger partial charge on any atom is -0.361 e. The number of benzene rings is 2. The Morgan fingerprint density at radius 3 is 2.58 bits per heavy atom. The molecular formula is C25H32N4O3S. The molecule has 1 aromatic heterocycles. The summed E-state index contributed by atoms with van der Waals surface area (Å²) in [5.74, 6) is 0.402. The van der Waals surface area contributed by atoms with Crippen LogP contribution in [-0.4, -0.2) is 49.8 Å². The highest BCUT2D eigenvalue weighted by molar-refractivity contribution is 7.89. The van der Waals surface area contributed by atoms with Crippen molar-refractivity contribution in [3.8, 4) is 0 Å². The molecule has 8 heteroatoms. The van der Waals surface area contributed by atoms with Crippen LogP contribution in [0.2, 0.25) is 0 Å². The lowest BCUT2D eigenvalue weighted by Crippen LogP contribution is -2.37. The van der Waals surface area contributed by atoms with Crippen molar-refractivity contribution in [2.24, 2.45) is 5.92 Å². The van der Waals surface area contributed by atoms with Crippen LogP contribution < -0.4 is 10.6 Å². The number of hydrogen-bond acceptors (Lipinski definition) is 4. The molecule has 1 amide bonds. The minimum absolute atomic E-state index is 0.162. The second kappa shape index (κ2) is 10.1. The molecule has 1 fully saturated rings. The molecule has 0 radical (unpaired) electrons. The predicted molar refractivity (Wildman–Crippen MR) is 132 cm³/mol. The molecule has 0 saturated carbocycles. The number of carbonyl (C=O) groups is 1. The fourth-order valence-corrected chi connectivity index (χ4v) is 5.68. The van der Waals surface area contributed by atoms with E-state index in [1.807, 2.05) is 6.20 Å². The summed E-state index contributed by atoms with van der Waals surface area (Å²) in [5, 5.41) is 7.22. The van der Waals surface area contributed by atoms with E-state index in [1.165, 1.54) is 16.5 Å². The lowest BCUT2D eigenvalue weighted by molar-refractivity contribution is -0.115. The van der Waals surface area contributed by atoms with Crippen LogP contribution in [0, 0.1) is 12.8 Å². The number of aromatic amines is 1. The van der Waals surface area contributed by atoms with Crippen molar-refractivity contribution < 1.29 is 13.2 Å². The number of aromatic nitrogens is 1. The Balaban J connectivity index is 1.25. The second-order valence-electron chi connectivity index (χ2n) is 8.95. The van der Waals surface area contributed by atoms with Gasteiger partial charge in [0.25, 0.3) is 0 Å². The van der Waals surface area contributed by atoms with Crippen molar-refractivity contribution in [3.05, 3.63) is 59.8 Å². The molecule has 4 rings (SSSR count). The van der Waals surface area contributed by atoms with Gasteiger partial charge in [-0.25, -0.2) is 8.42 Å². The molecule has 0 bridgehead atoms. The molecule has 0 aliphatic carbocycles. The van der Waals surface area contributed by atoms with Gasteiger partial charge in [-0.1, -0.05) is 18.6 Å². The number of hydrogen-bond donors (Lipinski definition) is 3. The Bertz CT molecular complexity index is 1210. The van der Waals surface area contributed by atoms with Crippen LogP contribution in [0.1, 0.15) is 30.9 Å². The third kappa shape index (κ3) is 5.63. The number of fused-ring (bicyclic) bond motifs is 1. The number of nitrogens with one attached hydrogen (secondary N) is 3. The van der Waals surface area contributed by atoms with Crippen LogP contribution in [-0.2, 0) is 21.2 Å². The highest BCUT2D eigenvalue weighted by Gasteiger charge is 2.27. The van der Waals surface area contributed by atoms with Crippen molar-refractivity contribution in [1.29, 1.82) is 0 Å². The van der Waals surface area contributed by atoms with Crippen molar-refractivity contribution in [2.45, 2.75) is 38.0 Å². The molecule has 1 saturated heterocycles. The van der Waals surface area contributed by atoms with Gasteiger partial charge in [0.05, 0.1) is 11.4 Å². The number of aryl methyl sites for hydroxylation is 1. The molecule has 3 aromatic rings. The van der Waals surface area contributed by atoms with Crippen molar-refractivity contribution in [2.75, 3.05) is 31.5 Å². The first kappa shape index (κ1) is 23.5. The Morgan fingerprint density at radius 2 is 1.85 bits per heavy atom. The number of nitrogens with zero attached hydrogens (tertiary/aromatic N) is 1. The number of piperidine rings is 1. The summed E-state index contributed by atoms with van der Waals surface area (Å²) in [6.45, 7) is 6.22. The topological polar surface area (TPSA) is 94.3 Å². The van der Waals surface area contributed by atoms with E-state index in [-0.39, 0.29) is 17.3 Å². The predicted octanol–water partition coefficient (Wildman–Crippen LogP) is 3.67. The van der Waals surface area contributed by atoms with Crippen molar-refractivity contribution >= 4 is 32.5 Å². The lowest BCUT2D eigenvalue weighted by Gasteiger charge is -2.29. The molecule has 3 N–H and O–H groups in total. The lowest BCUT2D eigenvalue weighted by atomic mass is 10.0. The third-order valence-corrected chi connectivity index (χ3v) is 8.21. The Labute approximate surface area is 195 Å². The molecule has 2 aromatic carbocycles. The summed E-state index contributed by atoms with van der Waals surface area (Å²) in [4.78, 5) is 15.8. The monoisotopic (exact) mass is 468 g/mol. The average molecular weight is 469 g/mol. The Kier molecular flexibility index (Phi) is 7.17. The van der Waals surface area contributed by atoms with Gasteiger partial charge in [-0.3, -0.25) is 4.79 Å². The summed E-state index contributed by atoms with van der Waals surface area (Å²) in [6.07, 6.45) is 4.62. The smallest absolute Gasteiger partial charge is 0.243 e. The van der Waals surface area contributed by atoms with Gasteiger partial charge in [0.1, 0.15) is 0 Å². The van der Waals surface area contributed by atoms with Gasteiger partial charge in [0.2, 0.25) is 15.9 Å². The molecule has 176 valence electrons. The number of rotatable bonds is 8. The van der Waals surface area contributed by atoms with Gasteiger partial charge in [-0.05, 0) is 80.6 Å². The van der Waals surface area contributed by atoms with Crippen LogP contribution in [0.3, 0.4) is 0 Å². The fourth-order valence-electron chi connectivity index (χ4n) is 4.21. The van der Waals surface area contributed by atoms with Gasteiger partial charge < -0.3 is 15.6 Å². The first-order chi connectivity index (χ1) is 15.8. The third-order valence-electron chi connectivity index (χ3n) is 6.30. The largest absolute Gasteiger partial charge is 0.361 e. The van der Waals surface area contributed by atoms with E-state index in [1.54, 1.807) is 28.6 Å². The van der Waals surface area contributed by atoms with E-state index in [0.29, 0.717) is 31.2 Å². The zero-order chi connectivity index (χ0) is 23.4. The molecule has 0 unspecified atom stereocenters. The number of carbonyl (C=O) groups excluding carboxylic acids is 1. The normalized spacial score (nSPS) is 15.7. The Hall–Kier alpha value is -2.68. The highest BCUT2D eigenvalue weighted by atomic mass is 32.2. The molecule has 1 aliphatic heterocycles. The first-order valence-electron chi connectivity index (χ1n) is 11.5. The van der Waals surface area contributed by atoms with Gasteiger partial charge >= 0.3 is 0 Å². The summed E-state index contributed by atoms with van der Waals surface area (Å²) in [5.41, 5.74) is 4.15. The van der Waals surface area contributed by atoms with Crippen LogP contribution in [0.25, 0.3) is 10.9 Å². The van der Waals surface area contributed by atoms with Gasteiger partial charge in [-0.15, -0.1) is 0 Å². The molecule has 0 atom stereocenters. The van der Waals surface area contributed by atoms with E-state index in [4.69, 9.17) is 0 Å². The van der Waals surface area contributed by atoms with Crippen LogP contribution in [0.15, 0.2) is 53.6 Å². The molecule has 7 nitrogen and oxygen atoms in total. The summed E-state index contributed by atoms with van der Waals surface area (Å²) < 4.78 is 27.2. The molecule has 33 heavy (non-hydrogen) atoms. The van der Waals surface area contributed by atoms with E-state index in [9.17, 15) is 13.2 Å². The standard InChI is InChI=1S/C25H32N4O3S/c1-18-10-13-29(14-11-18)33(31,32)22-6-4-21(5-7-22)28-25(30)17-26-12-9-20-16-27-24-8-3-19(2)15-23(20)24/h3-8,15-16,18,26-27H,9-14,17H2,1-2H3,(H,28,30). The maximum absolute atomic E-state index is 12.8. The number of sulfonamides is 1. The molecular weight excluding hydrogens is 436 g/mol. The van der Waals surface area contributed by atoms with Crippen LogP contribution >= 0.6 is 0 Å². The zero-order valence-corrected chi connectivity index (χ0v) is 20.0. The maximum Gasteiger partial charge on any atom is 0.243 e. The summed E-state index contributed by atoms with van der Waals surface area (Å²) in [7, 11) is -3.48. The van der Waals surface area contributed by atoms with E-state index >= 15 is 0 Å². The van der Waals surface area contributed by atoms with E-state index in [2.05, 4.69) is 47.7 Å². The van der Waals surface area contributed by atoms with E-state index in [0.717, 1.165) is 24.8 Å². The number of H-pyrrole nitrogens is 1. The highest BCUT2D eigenvalue weighted by Crippen LogP contribution is 2.24. The van der Waals surface area contributed by atoms with Gasteiger partial charge in [-0.2, -0.15) is 4.31 Å². The molecule has 1 aliphatic rings. The average Bonchev–Trinajstić information content (AvgIpc) is 3.19. The minimum atomic E-state index is -3.48. The first-order valence-corrected chi connectivity index (χ1v) is 12.9. The summed E-state index contributed by atoms with van der Waals surface area (Å²) in [6, 6.07) is 12.8. The number of anilines is 1. The maximum atomic E-state index is 12.8. The number of amides is 1. The molecule has 2 heterocycles. The Morgan fingerprint density at radius 1 is 1.12 bits per heavy atom. The van der Waals surface area contributed by atoms with Crippen molar-refractivity contribution in [3.63, 3.8) is 0 Å². The quantitative estimate of drug-likeness (QED) is 0.440. The zero-order valence-electron chi connectivity index (χ0n) is 19.2. The molecule has 0 spiro atoms. The van der Waals surface area contributed by atoms with Crippen molar-refractivity contribution in [1.82, 2.24) is 14.6 Å².